The predicted molar refractivity (Wildman–Crippen MR) is 108 cm³/mol. The first-order valence-corrected chi connectivity index (χ1v) is 10.3. The van der Waals surface area contributed by atoms with Gasteiger partial charge >= 0.3 is 0 Å². The minimum absolute atomic E-state index is 0.689. The summed E-state index contributed by atoms with van der Waals surface area (Å²) in [5, 5.41) is 8.71. The molecule has 3 aromatic rings. The first-order chi connectivity index (χ1) is 13.0. The van der Waals surface area contributed by atoms with E-state index in [4.69, 9.17) is 9.52 Å². The first kappa shape index (κ1) is 17.1. The van der Waals surface area contributed by atoms with Gasteiger partial charge in [0.25, 0.3) is 0 Å². The molecule has 4 nitrogen and oxygen atoms in total. The largest absolute Gasteiger partial charge is 0.441 e. The Labute approximate surface area is 161 Å². The second-order valence-electron chi connectivity index (χ2n) is 8.69. The predicted octanol–water partition coefficient (Wildman–Crippen LogP) is 5.11. The van der Waals surface area contributed by atoms with E-state index in [1.54, 1.807) is 0 Å². The van der Waals surface area contributed by atoms with Crippen molar-refractivity contribution in [1.82, 2.24) is 14.9 Å². The molecule has 0 atom stereocenters. The van der Waals surface area contributed by atoms with Gasteiger partial charge in [-0.2, -0.15) is 9.61 Å². The molecule has 0 unspecified atom stereocenters. The highest BCUT2D eigenvalue weighted by Crippen LogP contribution is 2.44. The van der Waals surface area contributed by atoms with Crippen molar-refractivity contribution in [1.29, 1.82) is 0 Å². The second-order valence-corrected chi connectivity index (χ2v) is 8.69. The van der Waals surface area contributed by atoms with Crippen molar-refractivity contribution >= 4 is 5.71 Å². The highest BCUT2D eigenvalue weighted by atomic mass is 16.4. The van der Waals surface area contributed by atoms with E-state index in [0.717, 1.165) is 41.2 Å². The maximum atomic E-state index is 6.24. The normalized spacial score (nSPS) is 17.4. The number of hydrogen-bond acceptors (Lipinski definition) is 3. The van der Waals surface area contributed by atoms with E-state index in [-0.39, 0.29) is 0 Å². The van der Waals surface area contributed by atoms with Crippen LogP contribution in [0.5, 0.6) is 0 Å². The highest BCUT2D eigenvalue weighted by Gasteiger charge is 2.41. The molecule has 2 aliphatic carbocycles. The van der Waals surface area contributed by atoms with Crippen LogP contribution in [0.25, 0.3) is 17.0 Å². The molecule has 142 valence electrons. The Hall–Kier alpha value is -2.07. The maximum Gasteiger partial charge on any atom is 0.227 e. The van der Waals surface area contributed by atoms with E-state index in [2.05, 4.69) is 44.3 Å². The van der Waals surface area contributed by atoms with E-state index in [0.29, 0.717) is 6.04 Å². The summed E-state index contributed by atoms with van der Waals surface area (Å²) in [5.41, 5.74) is 8.00. The standard InChI is InChI=1S/C23H29N3O/c1-13-5-10-19(14(2)11-13)22-16(4)27-23-20(15(3)25-26(22)23)12-24-21(17-6-7-17)18-8-9-18/h5,10-11,17-18,21,24H,6-9,12H2,1-4H3. The van der Waals surface area contributed by atoms with E-state index < -0.39 is 0 Å². The Morgan fingerprint density at radius 1 is 1.11 bits per heavy atom. The fraction of sp³-hybridized carbons (Fsp3) is 0.522. The molecular formula is C23H29N3O. The van der Waals surface area contributed by atoms with Crippen LogP contribution in [-0.4, -0.2) is 15.7 Å². The van der Waals surface area contributed by atoms with Crippen molar-refractivity contribution in [2.75, 3.05) is 0 Å². The number of oxazole rings is 1. The van der Waals surface area contributed by atoms with Gasteiger partial charge in [-0.25, -0.2) is 0 Å². The van der Waals surface area contributed by atoms with Crippen LogP contribution in [0.1, 0.15) is 53.8 Å². The van der Waals surface area contributed by atoms with Crippen molar-refractivity contribution in [3.05, 3.63) is 46.3 Å². The fourth-order valence-electron chi connectivity index (χ4n) is 4.57. The molecule has 5 rings (SSSR count). The summed E-state index contributed by atoms with van der Waals surface area (Å²) >= 11 is 0. The fourth-order valence-corrected chi connectivity index (χ4v) is 4.57. The molecule has 27 heavy (non-hydrogen) atoms. The number of aryl methyl sites for hydroxylation is 4. The summed E-state index contributed by atoms with van der Waals surface area (Å²) in [6.07, 6.45) is 5.58. The lowest BCUT2D eigenvalue weighted by Gasteiger charge is -2.17. The van der Waals surface area contributed by atoms with Crippen molar-refractivity contribution in [2.24, 2.45) is 11.8 Å². The van der Waals surface area contributed by atoms with Gasteiger partial charge in [0.1, 0.15) is 11.5 Å². The van der Waals surface area contributed by atoms with Gasteiger partial charge in [-0.15, -0.1) is 0 Å². The third-order valence-electron chi connectivity index (χ3n) is 6.34. The monoisotopic (exact) mass is 363 g/mol. The van der Waals surface area contributed by atoms with Crippen molar-refractivity contribution in [2.45, 2.75) is 66.0 Å². The molecule has 2 aliphatic rings. The Morgan fingerprint density at radius 2 is 1.81 bits per heavy atom. The van der Waals surface area contributed by atoms with Gasteiger partial charge in [-0.1, -0.05) is 23.8 Å². The summed E-state index contributed by atoms with van der Waals surface area (Å²) < 4.78 is 8.25. The lowest BCUT2D eigenvalue weighted by atomic mass is 10.0. The van der Waals surface area contributed by atoms with Crippen LogP contribution in [0, 0.1) is 39.5 Å². The van der Waals surface area contributed by atoms with E-state index in [1.165, 1.54) is 47.9 Å². The third kappa shape index (κ3) is 3.00. The Bertz CT molecular complexity index is 992. The lowest BCUT2D eigenvalue weighted by molar-refractivity contribution is 0.414. The Morgan fingerprint density at radius 3 is 2.44 bits per heavy atom. The average molecular weight is 364 g/mol. The number of rotatable bonds is 6. The molecule has 2 aromatic heterocycles. The van der Waals surface area contributed by atoms with Gasteiger partial charge in [-0.3, -0.25) is 0 Å². The molecule has 2 saturated carbocycles. The molecule has 2 heterocycles. The highest BCUT2D eigenvalue weighted by molar-refractivity contribution is 5.70. The van der Waals surface area contributed by atoms with Crippen molar-refractivity contribution in [3.8, 4) is 11.3 Å². The van der Waals surface area contributed by atoms with Gasteiger partial charge in [0.05, 0.1) is 11.3 Å². The minimum Gasteiger partial charge on any atom is -0.441 e. The molecular weight excluding hydrogens is 334 g/mol. The smallest absolute Gasteiger partial charge is 0.227 e. The lowest BCUT2D eigenvalue weighted by Crippen LogP contribution is -2.32. The molecule has 1 N–H and O–H groups in total. The van der Waals surface area contributed by atoms with Gasteiger partial charge in [0.15, 0.2) is 0 Å². The maximum absolute atomic E-state index is 6.24. The van der Waals surface area contributed by atoms with Crippen LogP contribution in [0.2, 0.25) is 0 Å². The van der Waals surface area contributed by atoms with Crippen molar-refractivity contribution < 1.29 is 4.42 Å². The number of nitrogens with zero attached hydrogens (tertiary/aromatic N) is 2. The minimum atomic E-state index is 0.689. The van der Waals surface area contributed by atoms with Gasteiger partial charge in [0.2, 0.25) is 5.71 Å². The van der Waals surface area contributed by atoms with E-state index in [1.807, 2.05) is 11.4 Å². The first-order valence-electron chi connectivity index (χ1n) is 10.3. The summed E-state index contributed by atoms with van der Waals surface area (Å²) in [6.45, 7) is 9.30. The molecule has 0 aliphatic heterocycles. The molecule has 0 amide bonds. The van der Waals surface area contributed by atoms with Crippen molar-refractivity contribution in [3.63, 3.8) is 0 Å². The molecule has 0 saturated heterocycles. The van der Waals surface area contributed by atoms with Gasteiger partial charge in [0, 0.05) is 18.2 Å². The van der Waals surface area contributed by atoms with Crippen LogP contribution < -0.4 is 5.32 Å². The quantitative estimate of drug-likeness (QED) is 0.662. The van der Waals surface area contributed by atoms with Crippen LogP contribution in [0.4, 0.5) is 0 Å². The van der Waals surface area contributed by atoms with Crippen LogP contribution in [0.15, 0.2) is 22.6 Å². The molecule has 0 spiro atoms. The summed E-state index contributed by atoms with van der Waals surface area (Å²) in [4.78, 5) is 0. The zero-order chi connectivity index (χ0) is 18.7. The number of benzene rings is 1. The molecule has 0 bridgehead atoms. The summed E-state index contributed by atoms with van der Waals surface area (Å²) in [6, 6.07) is 7.26. The van der Waals surface area contributed by atoms with Crippen LogP contribution in [0.3, 0.4) is 0 Å². The van der Waals surface area contributed by atoms with E-state index in [9.17, 15) is 0 Å². The van der Waals surface area contributed by atoms with Crippen LogP contribution in [-0.2, 0) is 6.54 Å². The van der Waals surface area contributed by atoms with Crippen LogP contribution >= 0.6 is 0 Å². The molecule has 0 radical (unpaired) electrons. The molecule has 4 heteroatoms. The Kier molecular flexibility index (Phi) is 3.94. The Balaban J connectivity index is 1.50. The number of nitrogens with one attached hydrogen (secondary N) is 1. The molecule has 1 aromatic carbocycles. The number of fused-ring (bicyclic) bond motifs is 1. The zero-order valence-corrected chi connectivity index (χ0v) is 16.8. The summed E-state index contributed by atoms with van der Waals surface area (Å²) in [5.74, 6) is 2.73. The van der Waals surface area contributed by atoms with Gasteiger partial charge < -0.3 is 9.73 Å². The zero-order valence-electron chi connectivity index (χ0n) is 16.8. The second kappa shape index (κ2) is 6.23. The topological polar surface area (TPSA) is 42.5 Å². The SMILES string of the molecule is Cc1ccc(-c2c(C)oc3c(CNC(C4CC4)C4CC4)c(C)nn23)c(C)c1. The number of hydrogen-bond donors (Lipinski definition) is 1. The van der Waals surface area contributed by atoms with Gasteiger partial charge in [-0.05, 0) is 70.8 Å². The average Bonchev–Trinajstić information content (AvgIpc) is 3.52. The number of aromatic nitrogens is 2. The third-order valence-corrected chi connectivity index (χ3v) is 6.34. The van der Waals surface area contributed by atoms with E-state index >= 15 is 0 Å². The molecule has 2 fully saturated rings. The summed E-state index contributed by atoms with van der Waals surface area (Å²) in [7, 11) is 0.